The fourth-order valence-electron chi connectivity index (χ4n) is 4.35. The van der Waals surface area contributed by atoms with E-state index in [1.165, 1.54) is 16.1 Å². The van der Waals surface area contributed by atoms with Gasteiger partial charge in [0.05, 0.1) is 17.3 Å². The average Bonchev–Trinajstić information content (AvgIpc) is 3.23. The monoisotopic (exact) mass is 358 g/mol. The van der Waals surface area contributed by atoms with E-state index in [1.807, 2.05) is 25.0 Å². The highest BCUT2D eigenvalue weighted by molar-refractivity contribution is 7.09. The molecule has 2 aliphatic heterocycles. The molecule has 0 aliphatic carbocycles. The van der Waals surface area contributed by atoms with Gasteiger partial charge < -0.3 is 4.74 Å². The van der Waals surface area contributed by atoms with Crippen LogP contribution in [0.2, 0.25) is 0 Å². The normalized spacial score (nSPS) is 27.5. The number of pyridine rings is 1. The Morgan fingerprint density at radius 1 is 1.24 bits per heavy atom. The Morgan fingerprint density at radius 3 is 2.80 bits per heavy atom. The summed E-state index contributed by atoms with van der Waals surface area (Å²) in [5, 5.41) is 0. The lowest BCUT2D eigenvalue weighted by Crippen LogP contribution is -2.50. The van der Waals surface area contributed by atoms with Gasteiger partial charge in [-0.1, -0.05) is 0 Å². The van der Waals surface area contributed by atoms with Gasteiger partial charge in [0.25, 0.3) is 0 Å². The van der Waals surface area contributed by atoms with E-state index < -0.39 is 0 Å². The number of thiazole rings is 1. The number of hydrogen-bond acceptors (Lipinski definition) is 6. The van der Waals surface area contributed by atoms with Gasteiger partial charge in [0.1, 0.15) is 0 Å². The summed E-state index contributed by atoms with van der Waals surface area (Å²) in [6.07, 6.45) is 5.27. The molecule has 0 N–H and O–H groups in total. The molecule has 0 bridgehead atoms. The van der Waals surface area contributed by atoms with Crippen LogP contribution in [0.3, 0.4) is 0 Å². The van der Waals surface area contributed by atoms with E-state index in [2.05, 4.69) is 38.8 Å². The van der Waals surface area contributed by atoms with E-state index in [0.29, 0.717) is 18.1 Å². The fourth-order valence-corrected chi connectivity index (χ4v) is 5.15. The van der Waals surface area contributed by atoms with Gasteiger partial charge in [-0.3, -0.25) is 14.8 Å². The lowest BCUT2D eigenvalue weighted by Gasteiger charge is -2.41. The first-order chi connectivity index (χ1) is 12.2. The molecular weight excluding hydrogens is 332 g/mol. The van der Waals surface area contributed by atoms with Crippen molar-refractivity contribution < 1.29 is 4.74 Å². The first kappa shape index (κ1) is 17.1. The maximum Gasteiger partial charge on any atom is 0.0798 e. The standard InChI is InChI=1S/C19H26N4OS/c1-14-19(25-13-21-14)12-23-8-5-18(24-2)16-10-22(11-17(16)23)9-15-3-6-20-7-4-15/h3-4,6-7,13,16-18H,5,8-12H2,1-2H3/t16-,17+,18+/m0/s1. The lowest BCUT2D eigenvalue weighted by molar-refractivity contribution is -0.0242. The first-order valence-electron chi connectivity index (χ1n) is 9.01. The molecule has 0 amide bonds. The minimum Gasteiger partial charge on any atom is -0.381 e. The van der Waals surface area contributed by atoms with Gasteiger partial charge in [0, 0.05) is 69.1 Å². The molecule has 0 unspecified atom stereocenters. The number of hydrogen-bond donors (Lipinski definition) is 0. The quantitative estimate of drug-likeness (QED) is 0.822. The smallest absolute Gasteiger partial charge is 0.0798 e. The Balaban J connectivity index is 1.48. The van der Waals surface area contributed by atoms with Gasteiger partial charge in [-0.2, -0.15) is 0 Å². The van der Waals surface area contributed by atoms with E-state index >= 15 is 0 Å². The molecular formula is C19H26N4OS. The van der Waals surface area contributed by atoms with Crippen molar-refractivity contribution in [3.8, 4) is 0 Å². The zero-order valence-electron chi connectivity index (χ0n) is 15.0. The van der Waals surface area contributed by atoms with E-state index in [9.17, 15) is 0 Å². The molecule has 0 saturated carbocycles. The van der Waals surface area contributed by atoms with Crippen LogP contribution in [-0.4, -0.2) is 58.7 Å². The van der Waals surface area contributed by atoms with Crippen molar-refractivity contribution in [1.29, 1.82) is 0 Å². The second kappa shape index (κ2) is 7.50. The lowest BCUT2D eigenvalue weighted by atomic mass is 9.89. The number of methoxy groups -OCH3 is 1. The molecule has 6 heteroatoms. The van der Waals surface area contributed by atoms with E-state index in [-0.39, 0.29) is 0 Å². The molecule has 2 aromatic heterocycles. The minimum atomic E-state index is 0.381. The van der Waals surface area contributed by atoms with Crippen LogP contribution < -0.4 is 0 Å². The van der Waals surface area contributed by atoms with Gasteiger partial charge in [-0.15, -0.1) is 11.3 Å². The van der Waals surface area contributed by atoms with Crippen molar-refractivity contribution in [1.82, 2.24) is 19.8 Å². The van der Waals surface area contributed by atoms with Gasteiger partial charge in [-0.05, 0) is 31.0 Å². The van der Waals surface area contributed by atoms with E-state index in [1.54, 1.807) is 11.3 Å². The first-order valence-corrected chi connectivity index (χ1v) is 9.89. The molecule has 0 spiro atoms. The summed E-state index contributed by atoms with van der Waals surface area (Å²) < 4.78 is 5.84. The maximum absolute atomic E-state index is 5.84. The Kier molecular flexibility index (Phi) is 5.12. The van der Waals surface area contributed by atoms with Crippen LogP contribution in [0.1, 0.15) is 22.6 Å². The van der Waals surface area contributed by atoms with Gasteiger partial charge in [-0.25, -0.2) is 4.98 Å². The molecule has 2 aromatic rings. The van der Waals surface area contributed by atoms with Crippen LogP contribution in [0, 0.1) is 12.8 Å². The maximum atomic E-state index is 5.84. The number of aromatic nitrogens is 2. The van der Waals surface area contributed by atoms with Crippen molar-refractivity contribution in [2.45, 2.75) is 38.6 Å². The van der Waals surface area contributed by atoms with Crippen LogP contribution in [-0.2, 0) is 17.8 Å². The van der Waals surface area contributed by atoms with Crippen LogP contribution in [0.4, 0.5) is 0 Å². The zero-order valence-corrected chi connectivity index (χ0v) is 15.8. The summed E-state index contributed by atoms with van der Waals surface area (Å²) in [5.41, 5.74) is 4.49. The molecule has 25 heavy (non-hydrogen) atoms. The third kappa shape index (κ3) is 3.62. The van der Waals surface area contributed by atoms with Gasteiger partial charge in [0.15, 0.2) is 0 Å². The number of ether oxygens (including phenoxy) is 1. The molecule has 2 aliphatic rings. The molecule has 134 valence electrons. The predicted molar refractivity (Wildman–Crippen MR) is 99.5 cm³/mol. The average molecular weight is 359 g/mol. The van der Waals surface area contributed by atoms with Crippen molar-refractivity contribution in [3.63, 3.8) is 0 Å². The number of aryl methyl sites for hydroxylation is 1. The van der Waals surface area contributed by atoms with Crippen LogP contribution >= 0.6 is 11.3 Å². The number of likely N-dealkylation sites (tertiary alicyclic amines) is 2. The second-order valence-corrected chi connectivity index (χ2v) is 8.11. The van der Waals surface area contributed by atoms with Crippen molar-refractivity contribution >= 4 is 11.3 Å². The molecule has 2 fully saturated rings. The summed E-state index contributed by atoms with van der Waals surface area (Å²) in [6, 6.07) is 4.81. The highest BCUT2D eigenvalue weighted by atomic mass is 32.1. The van der Waals surface area contributed by atoms with Gasteiger partial charge >= 0.3 is 0 Å². The second-order valence-electron chi connectivity index (χ2n) is 7.17. The van der Waals surface area contributed by atoms with E-state index in [0.717, 1.165) is 39.1 Å². The summed E-state index contributed by atoms with van der Waals surface area (Å²) in [4.78, 5) is 15.2. The topological polar surface area (TPSA) is 41.5 Å². The Morgan fingerprint density at radius 2 is 2.08 bits per heavy atom. The minimum absolute atomic E-state index is 0.381. The molecule has 4 rings (SSSR count). The SMILES string of the molecule is CO[C@@H]1CCN(Cc2scnc2C)[C@@H]2CN(Cc3ccncc3)C[C@@H]21. The fraction of sp³-hybridized carbons (Fsp3) is 0.579. The summed E-state index contributed by atoms with van der Waals surface area (Å²) >= 11 is 1.78. The number of piperidine rings is 1. The predicted octanol–water partition coefficient (Wildman–Crippen LogP) is 2.57. The molecule has 2 saturated heterocycles. The van der Waals surface area contributed by atoms with Crippen LogP contribution in [0.5, 0.6) is 0 Å². The number of nitrogens with zero attached hydrogens (tertiary/aromatic N) is 4. The molecule has 5 nitrogen and oxygen atoms in total. The van der Waals surface area contributed by atoms with Crippen molar-refractivity contribution in [3.05, 3.63) is 46.2 Å². The third-order valence-electron chi connectivity index (χ3n) is 5.71. The summed E-state index contributed by atoms with van der Waals surface area (Å²) in [5.74, 6) is 0.591. The largest absolute Gasteiger partial charge is 0.381 e. The van der Waals surface area contributed by atoms with Crippen LogP contribution in [0.25, 0.3) is 0 Å². The number of fused-ring (bicyclic) bond motifs is 1. The zero-order chi connectivity index (χ0) is 17.2. The van der Waals surface area contributed by atoms with Crippen molar-refractivity contribution in [2.24, 2.45) is 5.92 Å². The molecule has 0 radical (unpaired) electrons. The highest BCUT2D eigenvalue weighted by Crippen LogP contribution is 2.34. The van der Waals surface area contributed by atoms with E-state index in [4.69, 9.17) is 4.74 Å². The Hall–Kier alpha value is -1.34. The van der Waals surface area contributed by atoms with Crippen LogP contribution in [0.15, 0.2) is 30.0 Å². The molecule has 3 atom stereocenters. The Bertz CT molecular complexity index is 692. The third-order valence-corrected chi connectivity index (χ3v) is 6.63. The number of rotatable bonds is 5. The summed E-state index contributed by atoms with van der Waals surface area (Å²) in [7, 11) is 1.87. The van der Waals surface area contributed by atoms with Crippen molar-refractivity contribution in [2.75, 3.05) is 26.7 Å². The van der Waals surface area contributed by atoms with Gasteiger partial charge in [0.2, 0.25) is 0 Å². The molecule has 0 aromatic carbocycles. The Labute approximate surface area is 153 Å². The molecule has 4 heterocycles. The summed E-state index contributed by atoms with van der Waals surface area (Å²) in [6.45, 7) is 7.49. The highest BCUT2D eigenvalue weighted by Gasteiger charge is 2.44.